The number of carbonyl (C=O) groups is 1. The van der Waals surface area contributed by atoms with Crippen molar-refractivity contribution in [2.75, 3.05) is 5.32 Å². The fourth-order valence-corrected chi connectivity index (χ4v) is 3.10. The molecule has 138 valence electrons. The summed E-state index contributed by atoms with van der Waals surface area (Å²) < 4.78 is 8.21. The first-order valence-corrected chi connectivity index (χ1v) is 9.44. The molecule has 8 heteroatoms. The lowest BCUT2D eigenvalue weighted by Crippen LogP contribution is -2.13. The molecule has 7 nitrogen and oxygen atoms in total. The van der Waals surface area contributed by atoms with Crippen molar-refractivity contribution in [1.29, 1.82) is 0 Å². The van der Waals surface area contributed by atoms with Crippen LogP contribution in [0.2, 0.25) is 0 Å². The molecule has 2 heterocycles. The largest absolute Gasteiger partial charge is 0.438 e. The van der Waals surface area contributed by atoms with Crippen LogP contribution in [0.25, 0.3) is 5.82 Å². The molecule has 0 saturated carbocycles. The number of anilines is 1. The van der Waals surface area contributed by atoms with Crippen LogP contribution in [0.5, 0.6) is 11.6 Å². The third-order valence-corrected chi connectivity index (χ3v) is 4.76. The quantitative estimate of drug-likeness (QED) is 0.428. The molecule has 0 aliphatic heterocycles. The van der Waals surface area contributed by atoms with Crippen LogP contribution in [-0.4, -0.2) is 25.9 Å². The topological polar surface area (TPSA) is 81.9 Å². The molecule has 4 rings (SSSR count). The number of hydrogen-bond acceptors (Lipinski definition) is 5. The zero-order valence-corrected chi connectivity index (χ0v) is 16.6. The minimum Gasteiger partial charge on any atom is -0.438 e. The Balaban J connectivity index is 1.41. The third-order valence-electron chi connectivity index (χ3n) is 3.82. The maximum Gasteiger partial charge on any atom is 0.256 e. The van der Waals surface area contributed by atoms with Crippen molar-refractivity contribution in [2.24, 2.45) is 0 Å². The number of amides is 1. The van der Waals surface area contributed by atoms with Gasteiger partial charge in [-0.05, 0) is 71.1 Å². The van der Waals surface area contributed by atoms with Crippen LogP contribution >= 0.6 is 22.6 Å². The van der Waals surface area contributed by atoms with Crippen LogP contribution in [-0.2, 0) is 0 Å². The number of rotatable bonds is 5. The van der Waals surface area contributed by atoms with Gasteiger partial charge in [-0.3, -0.25) is 4.79 Å². The van der Waals surface area contributed by atoms with Gasteiger partial charge in [-0.2, -0.15) is 5.10 Å². The number of nitrogens with one attached hydrogen (secondary N) is 1. The predicted octanol–water partition coefficient (Wildman–Crippen LogP) is 4.31. The number of ether oxygens (including phenoxy) is 1. The fraction of sp³-hybridized carbons (Fsp3) is 0. The Hall–Kier alpha value is -3.27. The van der Waals surface area contributed by atoms with Gasteiger partial charge in [0.05, 0.1) is 5.56 Å². The van der Waals surface area contributed by atoms with Gasteiger partial charge in [0.2, 0.25) is 5.88 Å². The third kappa shape index (κ3) is 4.17. The summed E-state index contributed by atoms with van der Waals surface area (Å²) in [5, 5.41) is 15.1. The summed E-state index contributed by atoms with van der Waals surface area (Å²) in [5.74, 6) is 1.41. The summed E-state index contributed by atoms with van der Waals surface area (Å²) in [5.41, 5.74) is 1.31. The molecule has 0 aliphatic carbocycles. The Morgan fingerprint density at radius 2 is 1.79 bits per heavy atom. The molecule has 0 saturated heterocycles. The Labute approximate surface area is 174 Å². The summed E-state index contributed by atoms with van der Waals surface area (Å²) in [7, 11) is 0. The van der Waals surface area contributed by atoms with Crippen molar-refractivity contribution >= 4 is 34.2 Å². The zero-order valence-electron chi connectivity index (χ0n) is 14.5. The zero-order chi connectivity index (χ0) is 19.3. The van der Waals surface area contributed by atoms with Crippen molar-refractivity contribution in [1.82, 2.24) is 20.0 Å². The highest BCUT2D eigenvalue weighted by Crippen LogP contribution is 2.22. The van der Waals surface area contributed by atoms with Crippen molar-refractivity contribution in [3.63, 3.8) is 0 Å². The van der Waals surface area contributed by atoms with Crippen LogP contribution in [0, 0.1) is 3.57 Å². The van der Waals surface area contributed by atoms with Gasteiger partial charge in [0.1, 0.15) is 5.75 Å². The predicted molar refractivity (Wildman–Crippen MR) is 113 cm³/mol. The van der Waals surface area contributed by atoms with E-state index in [2.05, 4.69) is 43.2 Å². The lowest BCUT2D eigenvalue weighted by molar-refractivity contribution is 0.102. The van der Waals surface area contributed by atoms with Crippen molar-refractivity contribution < 1.29 is 9.53 Å². The molecular weight excluding hydrogens is 469 g/mol. The van der Waals surface area contributed by atoms with Crippen molar-refractivity contribution in [2.45, 2.75) is 0 Å². The minimum absolute atomic E-state index is 0.154. The Morgan fingerprint density at radius 3 is 2.46 bits per heavy atom. The molecule has 2 aromatic heterocycles. The van der Waals surface area contributed by atoms with Crippen LogP contribution in [0.3, 0.4) is 0 Å². The van der Waals surface area contributed by atoms with Crippen LogP contribution in [0.1, 0.15) is 10.4 Å². The van der Waals surface area contributed by atoms with Crippen LogP contribution < -0.4 is 10.1 Å². The van der Waals surface area contributed by atoms with E-state index in [1.54, 1.807) is 59.5 Å². The smallest absolute Gasteiger partial charge is 0.256 e. The molecule has 1 N–H and O–H groups in total. The molecule has 0 radical (unpaired) electrons. The molecule has 4 aromatic rings. The molecule has 2 aromatic carbocycles. The van der Waals surface area contributed by atoms with E-state index >= 15 is 0 Å². The molecule has 0 atom stereocenters. The molecule has 1 amide bonds. The molecule has 0 unspecified atom stereocenters. The average Bonchev–Trinajstić information content (AvgIpc) is 3.25. The maximum atomic E-state index is 12.4. The van der Waals surface area contributed by atoms with E-state index in [1.165, 1.54) is 0 Å². The normalized spacial score (nSPS) is 10.5. The fourth-order valence-electron chi connectivity index (χ4n) is 2.46. The number of nitrogens with zero attached hydrogens (tertiary/aromatic N) is 4. The van der Waals surface area contributed by atoms with E-state index in [-0.39, 0.29) is 5.91 Å². The summed E-state index contributed by atoms with van der Waals surface area (Å²) in [4.78, 5) is 12.4. The highest BCUT2D eigenvalue weighted by molar-refractivity contribution is 14.1. The molecular formula is C20H14IN5O2. The minimum atomic E-state index is -0.154. The van der Waals surface area contributed by atoms with Gasteiger partial charge in [0.25, 0.3) is 5.91 Å². The van der Waals surface area contributed by atoms with E-state index < -0.39 is 0 Å². The highest BCUT2D eigenvalue weighted by atomic mass is 127. The van der Waals surface area contributed by atoms with E-state index in [1.807, 2.05) is 24.3 Å². The second-order valence-corrected chi connectivity index (χ2v) is 6.90. The Morgan fingerprint density at radius 1 is 0.964 bits per heavy atom. The first-order valence-electron chi connectivity index (χ1n) is 8.36. The number of aromatic nitrogens is 4. The first-order chi connectivity index (χ1) is 13.7. The average molecular weight is 483 g/mol. The number of hydrogen-bond donors (Lipinski definition) is 1. The maximum absolute atomic E-state index is 12.4. The molecule has 0 fully saturated rings. The van der Waals surface area contributed by atoms with Crippen LogP contribution in [0.15, 0.2) is 79.1 Å². The Bertz CT molecular complexity index is 1080. The van der Waals surface area contributed by atoms with Crippen LogP contribution in [0.4, 0.5) is 5.69 Å². The molecule has 0 aliphatic rings. The first kappa shape index (κ1) is 18.1. The van der Waals surface area contributed by atoms with Gasteiger partial charge in [0.15, 0.2) is 5.82 Å². The second-order valence-electron chi connectivity index (χ2n) is 5.74. The number of carbonyl (C=O) groups excluding carboxylic acids is 1. The second kappa shape index (κ2) is 8.17. The number of benzene rings is 2. The molecule has 28 heavy (non-hydrogen) atoms. The lowest BCUT2D eigenvalue weighted by Gasteiger charge is -2.08. The highest BCUT2D eigenvalue weighted by Gasteiger charge is 2.09. The summed E-state index contributed by atoms with van der Waals surface area (Å²) in [6, 6.07) is 19.8. The van der Waals surface area contributed by atoms with Crippen molar-refractivity contribution in [3.8, 4) is 17.4 Å². The van der Waals surface area contributed by atoms with Gasteiger partial charge >= 0.3 is 0 Å². The summed E-state index contributed by atoms with van der Waals surface area (Å²) in [6.07, 6.45) is 3.46. The van der Waals surface area contributed by atoms with Gasteiger partial charge in [0, 0.05) is 27.7 Å². The van der Waals surface area contributed by atoms with E-state index in [0.717, 1.165) is 3.57 Å². The SMILES string of the molecule is O=C(Nc1ccc(Oc2ccc(-n3cccn3)nn2)cc1)c1ccccc1I. The monoisotopic (exact) mass is 483 g/mol. The Kier molecular flexibility index (Phi) is 5.29. The van der Waals surface area contributed by atoms with E-state index in [4.69, 9.17) is 4.74 Å². The number of halogens is 1. The molecule has 0 bridgehead atoms. The van der Waals surface area contributed by atoms with E-state index in [9.17, 15) is 4.79 Å². The van der Waals surface area contributed by atoms with Crippen molar-refractivity contribution in [3.05, 3.63) is 88.3 Å². The van der Waals surface area contributed by atoms with E-state index in [0.29, 0.717) is 28.7 Å². The lowest BCUT2D eigenvalue weighted by atomic mass is 10.2. The van der Waals surface area contributed by atoms with Gasteiger partial charge < -0.3 is 10.1 Å². The van der Waals surface area contributed by atoms with Gasteiger partial charge in [-0.1, -0.05) is 12.1 Å². The molecule has 0 spiro atoms. The summed E-state index contributed by atoms with van der Waals surface area (Å²) in [6.45, 7) is 0. The van der Waals surface area contributed by atoms with Gasteiger partial charge in [-0.25, -0.2) is 4.68 Å². The summed E-state index contributed by atoms with van der Waals surface area (Å²) >= 11 is 2.14. The standard InChI is InChI=1S/C20H14IN5O2/c21-17-5-2-1-4-16(17)20(27)23-14-6-8-15(9-7-14)28-19-11-10-18(24-25-19)26-13-3-12-22-26/h1-13H,(H,23,27). The van der Waals surface area contributed by atoms with Gasteiger partial charge in [-0.15, -0.1) is 10.2 Å².